The monoisotopic (exact) mass is 396 g/mol. The number of carbonyl (C=O) groups is 1. The van der Waals surface area contributed by atoms with Crippen LogP contribution < -0.4 is 0 Å². The molecule has 0 N–H and O–H groups in total. The summed E-state index contributed by atoms with van der Waals surface area (Å²) in [4.78, 5) is 17.8. The highest BCUT2D eigenvalue weighted by Gasteiger charge is 2.42. The van der Waals surface area contributed by atoms with E-state index in [1.54, 1.807) is 9.58 Å². The molecule has 29 heavy (non-hydrogen) atoms. The maximum Gasteiger partial charge on any atom is 0.253 e. The fraction of sp³-hybridized carbons (Fsp3) is 0.565. The molecule has 0 bridgehead atoms. The van der Waals surface area contributed by atoms with E-state index < -0.39 is 6.10 Å². The largest absolute Gasteiger partial charge is 0.365 e. The lowest BCUT2D eigenvalue weighted by atomic mass is 9.94. The molecule has 4 rings (SSSR count). The van der Waals surface area contributed by atoms with Gasteiger partial charge in [0.1, 0.15) is 0 Å². The lowest BCUT2D eigenvalue weighted by molar-refractivity contribution is -0.158. The van der Waals surface area contributed by atoms with Gasteiger partial charge in [-0.15, -0.1) is 0 Å². The van der Waals surface area contributed by atoms with E-state index in [0.29, 0.717) is 19.2 Å². The Morgan fingerprint density at radius 2 is 1.97 bits per heavy atom. The van der Waals surface area contributed by atoms with Gasteiger partial charge >= 0.3 is 0 Å². The molecule has 1 aliphatic heterocycles. The molecule has 2 aromatic rings. The van der Waals surface area contributed by atoms with Crippen LogP contribution in [-0.2, 0) is 23.1 Å². The molecule has 0 radical (unpaired) electrons. The first-order valence-corrected chi connectivity index (χ1v) is 10.7. The first-order chi connectivity index (χ1) is 14.0. The molecule has 2 aliphatic rings. The van der Waals surface area contributed by atoms with Crippen LogP contribution in [-0.4, -0.2) is 57.8 Å². The quantitative estimate of drug-likeness (QED) is 0.779. The number of benzene rings is 1. The van der Waals surface area contributed by atoms with Crippen LogP contribution in [0.5, 0.6) is 0 Å². The minimum Gasteiger partial charge on any atom is -0.365 e. The first-order valence-electron chi connectivity index (χ1n) is 10.7. The van der Waals surface area contributed by atoms with E-state index in [2.05, 4.69) is 34.3 Å². The van der Waals surface area contributed by atoms with Crippen LogP contribution >= 0.6 is 0 Å². The second-order valence-corrected chi connectivity index (χ2v) is 8.43. The van der Waals surface area contributed by atoms with Crippen molar-refractivity contribution in [1.82, 2.24) is 19.6 Å². The molecule has 1 saturated carbocycles. The first kappa shape index (κ1) is 20.1. The number of aromatic nitrogens is 2. The van der Waals surface area contributed by atoms with Crippen molar-refractivity contribution in [2.75, 3.05) is 20.2 Å². The Balaban J connectivity index is 1.58. The summed E-state index contributed by atoms with van der Waals surface area (Å²) in [6.07, 6.45) is 6.50. The number of amides is 1. The number of nitrogens with zero attached hydrogens (tertiary/aromatic N) is 4. The zero-order valence-electron chi connectivity index (χ0n) is 17.8. The molecule has 1 amide bonds. The molecule has 0 unspecified atom stereocenters. The molecule has 1 saturated heterocycles. The van der Waals surface area contributed by atoms with Crippen LogP contribution in [0.15, 0.2) is 36.5 Å². The number of hydrogen-bond donors (Lipinski definition) is 0. The number of rotatable bonds is 5. The van der Waals surface area contributed by atoms with E-state index in [1.165, 1.54) is 31.2 Å². The maximum atomic E-state index is 13.5. The molecule has 6 nitrogen and oxygen atoms in total. The summed E-state index contributed by atoms with van der Waals surface area (Å²) < 4.78 is 7.94. The van der Waals surface area contributed by atoms with Gasteiger partial charge < -0.3 is 9.64 Å². The zero-order valence-corrected chi connectivity index (χ0v) is 17.8. The van der Waals surface area contributed by atoms with Crippen LogP contribution in [0.1, 0.15) is 48.5 Å². The lowest BCUT2D eigenvalue weighted by Crippen LogP contribution is -2.54. The second kappa shape index (κ2) is 8.67. The minimum atomic E-state index is -0.478. The van der Waals surface area contributed by atoms with Crippen LogP contribution in [0.2, 0.25) is 0 Å². The van der Waals surface area contributed by atoms with Gasteiger partial charge in [0.05, 0.1) is 18.3 Å². The van der Waals surface area contributed by atoms with E-state index in [-0.39, 0.29) is 11.9 Å². The second-order valence-electron chi connectivity index (χ2n) is 8.43. The Labute approximate surface area is 173 Å². The van der Waals surface area contributed by atoms with E-state index in [1.807, 2.05) is 33.3 Å². The maximum absolute atomic E-state index is 13.5. The summed E-state index contributed by atoms with van der Waals surface area (Å²) >= 11 is 0. The van der Waals surface area contributed by atoms with Crippen LogP contribution in [0, 0.1) is 6.92 Å². The molecule has 1 aliphatic carbocycles. The topological polar surface area (TPSA) is 50.6 Å². The van der Waals surface area contributed by atoms with Crippen molar-refractivity contribution < 1.29 is 9.53 Å². The van der Waals surface area contributed by atoms with Crippen molar-refractivity contribution in [2.24, 2.45) is 7.05 Å². The van der Waals surface area contributed by atoms with Crippen molar-refractivity contribution in [2.45, 2.75) is 57.3 Å². The van der Waals surface area contributed by atoms with Gasteiger partial charge in [0.2, 0.25) is 0 Å². The number of likely N-dealkylation sites (N-methyl/N-ethyl adjacent to an activating group) is 1. The Morgan fingerprint density at radius 1 is 1.24 bits per heavy atom. The number of carbonyl (C=O) groups excluding carboxylic acids is 1. The Bertz CT molecular complexity index is 829. The fourth-order valence-corrected chi connectivity index (χ4v) is 4.91. The predicted octanol–water partition coefficient (Wildman–Crippen LogP) is 3.07. The molecule has 1 aromatic heterocycles. The highest BCUT2D eigenvalue weighted by molar-refractivity contribution is 5.82. The van der Waals surface area contributed by atoms with Crippen molar-refractivity contribution in [1.29, 1.82) is 0 Å². The van der Waals surface area contributed by atoms with Crippen molar-refractivity contribution in [3.63, 3.8) is 0 Å². The van der Waals surface area contributed by atoms with Crippen molar-refractivity contribution in [3.8, 4) is 0 Å². The van der Waals surface area contributed by atoms with Gasteiger partial charge in [0, 0.05) is 45.0 Å². The molecule has 2 fully saturated rings. The smallest absolute Gasteiger partial charge is 0.253 e. The van der Waals surface area contributed by atoms with Gasteiger partial charge in [-0.3, -0.25) is 14.4 Å². The molecule has 6 heteroatoms. The van der Waals surface area contributed by atoms with Crippen LogP contribution in [0.25, 0.3) is 0 Å². The summed E-state index contributed by atoms with van der Waals surface area (Å²) in [7, 11) is 3.78. The average Bonchev–Trinajstić information content (AvgIpc) is 3.37. The number of aryl methyl sites for hydroxylation is 2. The minimum absolute atomic E-state index is 0.0296. The highest BCUT2D eigenvalue weighted by atomic mass is 16.5. The van der Waals surface area contributed by atoms with Gasteiger partial charge in [-0.2, -0.15) is 5.10 Å². The number of ether oxygens (including phenoxy) is 1. The third kappa shape index (κ3) is 4.23. The third-order valence-corrected chi connectivity index (χ3v) is 6.37. The molecule has 2 atom stereocenters. The third-order valence-electron chi connectivity index (χ3n) is 6.37. The van der Waals surface area contributed by atoms with E-state index in [9.17, 15) is 4.79 Å². The van der Waals surface area contributed by atoms with Gasteiger partial charge in [-0.25, -0.2) is 0 Å². The summed E-state index contributed by atoms with van der Waals surface area (Å²) in [6.45, 7) is 4.03. The van der Waals surface area contributed by atoms with Gasteiger partial charge in [0.15, 0.2) is 6.10 Å². The lowest BCUT2D eigenvalue weighted by Gasteiger charge is -2.44. The Morgan fingerprint density at radius 3 is 2.62 bits per heavy atom. The van der Waals surface area contributed by atoms with Crippen LogP contribution in [0.3, 0.4) is 0 Å². The molecular weight excluding hydrogens is 364 g/mol. The summed E-state index contributed by atoms with van der Waals surface area (Å²) in [5, 5.41) is 4.40. The Kier molecular flexibility index (Phi) is 6.01. The van der Waals surface area contributed by atoms with E-state index >= 15 is 0 Å². The molecule has 0 spiro atoms. The average molecular weight is 397 g/mol. The predicted molar refractivity (Wildman–Crippen MR) is 112 cm³/mol. The SMILES string of the molecule is Cc1nn(C)cc1CN(C)C(=O)[C@@H]1OCCN(C2CCCC2)[C@H]1c1ccccc1. The summed E-state index contributed by atoms with van der Waals surface area (Å²) in [6, 6.07) is 10.9. The molecule has 156 valence electrons. The Hall–Kier alpha value is -2.18. The summed E-state index contributed by atoms with van der Waals surface area (Å²) in [5.74, 6) is 0.0461. The summed E-state index contributed by atoms with van der Waals surface area (Å²) in [5.41, 5.74) is 3.20. The fourth-order valence-electron chi connectivity index (χ4n) is 4.91. The molecular formula is C23H32N4O2. The van der Waals surface area contributed by atoms with Gasteiger partial charge in [0.25, 0.3) is 5.91 Å². The number of morpholine rings is 1. The van der Waals surface area contributed by atoms with Crippen molar-refractivity contribution >= 4 is 5.91 Å². The standard InChI is InChI=1S/C23H32N4O2/c1-17-19(16-26(3)24-17)15-25(2)23(28)22-21(18-9-5-4-6-10-18)27(13-14-29-22)20-11-7-8-12-20/h4-6,9-10,16,20-22H,7-8,11-15H2,1-3H3/t21-,22+/m0/s1. The zero-order chi connectivity index (χ0) is 20.4. The van der Waals surface area contributed by atoms with E-state index in [4.69, 9.17) is 4.74 Å². The van der Waals surface area contributed by atoms with Crippen LogP contribution in [0.4, 0.5) is 0 Å². The van der Waals surface area contributed by atoms with E-state index in [0.717, 1.165) is 17.8 Å². The molecule has 2 heterocycles. The molecule has 1 aromatic carbocycles. The van der Waals surface area contributed by atoms with Gasteiger partial charge in [-0.05, 0) is 25.3 Å². The van der Waals surface area contributed by atoms with Gasteiger partial charge in [-0.1, -0.05) is 43.2 Å². The van der Waals surface area contributed by atoms with Crippen molar-refractivity contribution in [3.05, 3.63) is 53.3 Å². The highest BCUT2D eigenvalue weighted by Crippen LogP contribution is 2.37. The number of hydrogen-bond acceptors (Lipinski definition) is 4. The normalized spacial score (nSPS) is 23.4.